The molecular weight excluding hydrogens is 191 g/mol. The molecule has 0 saturated heterocycles. The second-order valence-electron chi connectivity index (χ2n) is 4.48. The van der Waals surface area contributed by atoms with Crippen LogP contribution in [0.5, 0.6) is 0 Å². The molecule has 2 nitrogen and oxygen atoms in total. The number of aliphatic hydroxyl groups is 2. The van der Waals surface area contributed by atoms with Crippen molar-refractivity contribution < 1.29 is 10.2 Å². The first-order valence-electron chi connectivity index (χ1n) is 5.11. The van der Waals surface area contributed by atoms with Gasteiger partial charge in [-0.2, -0.15) is 0 Å². The molecule has 0 aliphatic heterocycles. The number of hydrogen-bond acceptors (Lipinski definition) is 2. The summed E-state index contributed by atoms with van der Waals surface area (Å²) in [5.41, 5.74) is -1.47. The third-order valence-corrected chi connectivity index (χ3v) is 3.73. The van der Waals surface area contributed by atoms with Gasteiger partial charge in [0.15, 0.2) is 0 Å². The second kappa shape index (κ2) is 4.60. The molecule has 2 aliphatic rings. The fourth-order valence-electron chi connectivity index (χ4n) is 2.85. The van der Waals surface area contributed by atoms with Crippen molar-refractivity contribution in [3.8, 4) is 0 Å². The van der Waals surface area contributed by atoms with Crippen molar-refractivity contribution in [2.45, 2.75) is 62.6 Å². The zero-order valence-corrected chi connectivity index (χ0v) is 7.55. The van der Waals surface area contributed by atoms with E-state index < -0.39 is 11.2 Å². The van der Waals surface area contributed by atoms with Crippen LogP contribution in [0.1, 0.15) is 51.4 Å². The Hall–Kier alpha value is 1.56. The van der Waals surface area contributed by atoms with Crippen LogP contribution in [0.4, 0.5) is 0 Å². The van der Waals surface area contributed by atoms with Gasteiger partial charge in [-0.05, 0) is 25.7 Å². The Morgan fingerprint density at radius 1 is 0.615 bits per heavy atom. The Kier molecular flexibility index (Phi) is 4.47. The van der Waals surface area contributed by atoms with Crippen LogP contribution in [0.3, 0.4) is 0 Å². The van der Waals surface area contributed by atoms with Crippen LogP contribution in [-0.2, 0) is 0 Å². The van der Waals surface area contributed by atoms with Crippen molar-refractivity contribution in [1.29, 1.82) is 0 Å². The Bertz CT molecular complexity index is 150. The van der Waals surface area contributed by atoms with E-state index in [1.165, 1.54) is 0 Å². The summed E-state index contributed by atoms with van der Waals surface area (Å²) < 4.78 is 0. The zero-order chi connectivity index (χ0) is 8.66. The third kappa shape index (κ3) is 2.22. The molecule has 0 atom stereocenters. The van der Waals surface area contributed by atoms with E-state index in [9.17, 15) is 10.2 Å². The van der Waals surface area contributed by atoms with Gasteiger partial charge in [-0.1, -0.05) is 25.7 Å². The zero-order valence-electron chi connectivity index (χ0n) is 7.55. The van der Waals surface area contributed by atoms with Crippen LogP contribution in [0, 0.1) is 0 Å². The summed E-state index contributed by atoms with van der Waals surface area (Å²) in [4.78, 5) is 0. The summed E-state index contributed by atoms with van der Waals surface area (Å²) in [5.74, 6) is 0. The summed E-state index contributed by atoms with van der Waals surface area (Å²) in [6.07, 6.45) is 7.56. The molecule has 2 rings (SSSR count). The van der Waals surface area contributed by atoms with Crippen LogP contribution in [0.25, 0.3) is 0 Å². The van der Waals surface area contributed by atoms with Crippen molar-refractivity contribution in [3.05, 3.63) is 0 Å². The summed E-state index contributed by atoms with van der Waals surface area (Å²) in [6.45, 7) is 0. The monoisotopic (exact) mass is 210 g/mol. The molecule has 0 amide bonds. The van der Waals surface area contributed by atoms with Gasteiger partial charge < -0.3 is 10.2 Å². The summed E-state index contributed by atoms with van der Waals surface area (Å²) in [5, 5.41) is 20.4. The summed E-state index contributed by atoms with van der Waals surface area (Å²) >= 11 is 0. The molecule has 0 radical (unpaired) electrons. The molecule has 0 aromatic rings. The van der Waals surface area contributed by atoms with Gasteiger partial charge in [-0.25, -0.2) is 0 Å². The average Bonchev–Trinajstić information content (AvgIpc) is 2.60. The topological polar surface area (TPSA) is 40.5 Å². The van der Waals surface area contributed by atoms with Gasteiger partial charge in [0, 0.05) is 0 Å². The van der Waals surface area contributed by atoms with E-state index in [2.05, 4.69) is 0 Å². The van der Waals surface area contributed by atoms with Crippen LogP contribution >= 0.6 is 0 Å². The predicted molar refractivity (Wildman–Crippen MR) is 54.0 cm³/mol. The molecule has 0 heterocycles. The first kappa shape index (κ1) is 12.6. The Morgan fingerprint density at radius 2 is 0.846 bits per heavy atom. The molecule has 72 valence electrons. The standard InChI is InChI=1S/C10H18O2.K.H/c11-9(5-1-2-6-9)10(12)7-3-4-8-10;;/h11-12H,1-8H2;;. The third-order valence-electron chi connectivity index (χ3n) is 3.73. The van der Waals surface area contributed by atoms with Gasteiger partial charge in [0.1, 0.15) is 0 Å². The Morgan fingerprint density at radius 3 is 1.08 bits per heavy atom. The van der Waals surface area contributed by atoms with E-state index >= 15 is 0 Å². The molecule has 0 aromatic carbocycles. The van der Waals surface area contributed by atoms with Gasteiger partial charge in [-0.3, -0.25) is 0 Å². The van der Waals surface area contributed by atoms with Crippen molar-refractivity contribution >= 4 is 51.4 Å². The van der Waals surface area contributed by atoms with E-state index in [-0.39, 0.29) is 51.4 Å². The molecule has 0 unspecified atom stereocenters. The van der Waals surface area contributed by atoms with E-state index in [0.717, 1.165) is 51.4 Å². The van der Waals surface area contributed by atoms with Crippen LogP contribution < -0.4 is 0 Å². The van der Waals surface area contributed by atoms with E-state index in [1.54, 1.807) is 0 Å². The van der Waals surface area contributed by atoms with Crippen molar-refractivity contribution in [3.63, 3.8) is 0 Å². The first-order valence-corrected chi connectivity index (χ1v) is 5.11. The molecule has 13 heavy (non-hydrogen) atoms. The molecule has 3 heteroatoms. The van der Waals surface area contributed by atoms with E-state index in [1.807, 2.05) is 0 Å². The van der Waals surface area contributed by atoms with Crippen molar-refractivity contribution in [2.75, 3.05) is 0 Å². The van der Waals surface area contributed by atoms with E-state index in [0.29, 0.717) is 0 Å². The normalized spacial score (nSPS) is 30.0. The SMILES string of the molecule is OC1(C2(O)CCCC2)CCCC1.[KH]. The van der Waals surface area contributed by atoms with Crippen LogP contribution in [0.15, 0.2) is 0 Å². The van der Waals surface area contributed by atoms with Crippen molar-refractivity contribution in [1.82, 2.24) is 0 Å². The Balaban J connectivity index is 0.000000845. The van der Waals surface area contributed by atoms with Gasteiger partial charge in [-0.15, -0.1) is 0 Å². The number of rotatable bonds is 1. The molecular formula is C10H19KO2. The minimum atomic E-state index is -0.733. The Labute approximate surface area is 123 Å². The summed E-state index contributed by atoms with van der Waals surface area (Å²) in [7, 11) is 0. The van der Waals surface area contributed by atoms with Gasteiger partial charge in [0.25, 0.3) is 0 Å². The van der Waals surface area contributed by atoms with E-state index in [4.69, 9.17) is 0 Å². The minimum absolute atomic E-state index is 0. The van der Waals surface area contributed by atoms with Gasteiger partial charge in [0.2, 0.25) is 0 Å². The maximum absolute atomic E-state index is 10.2. The molecule has 0 spiro atoms. The van der Waals surface area contributed by atoms with Crippen LogP contribution in [-0.4, -0.2) is 72.8 Å². The van der Waals surface area contributed by atoms with Crippen LogP contribution in [0.2, 0.25) is 0 Å². The number of hydrogen-bond donors (Lipinski definition) is 2. The molecule has 0 aromatic heterocycles. The summed E-state index contributed by atoms with van der Waals surface area (Å²) in [6, 6.07) is 0. The second-order valence-corrected chi connectivity index (χ2v) is 4.48. The fraction of sp³-hybridized carbons (Fsp3) is 1.00. The molecule has 0 bridgehead atoms. The maximum atomic E-state index is 10.2. The van der Waals surface area contributed by atoms with Gasteiger partial charge >= 0.3 is 51.4 Å². The fourth-order valence-corrected chi connectivity index (χ4v) is 2.85. The molecule has 2 fully saturated rings. The van der Waals surface area contributed by atoms with Gasteiger partial charge in [0.05, 0.1) is 11.2 Å². The van der Waals surface area contributed by atoms with Crippen molar-refractivity contribution in [2.24, 2.45) is 0 Å². The molecule has 2 N–H and O–H groups in total. The predicted octanol–water partition coefficient (Wildman–Crippen LogP) is 0.948. The molecule has 2 saturated carbocycles. The molecule has 2 aliphatic carbocycles. The average molecular weight is 210 g/mol. The quantitative estimate of drug-likeness (QED) is 0.633. The first-order chi connectivity index (χ1) is 5.66.